The van der Waals surface area contributed by atoms with Crippen LogP contribution in [0.1, 0.15) is 33.6 Å². The summed E-state index contributed by atoms with van der Waals surface area (Å²) in [6.45, 7) is 7.24. The Morgan fingerprint density at radius 3 is 2.56 bits per heavy atom. The van der Waals surface area contributed by atoms with Gasteiger partial charge in [0.05, 0.1) is 12.1 Å². The normalized spacial score (nSPS) is 25.2. The van der Waals surface area contributed by atoms with E-state index in [1.165, 1.54) is 6.42 Å². The zero-order valence-corrected chi connectivity index (χ0v) is 10.7. The molecule has 5 nitrogen and oxygen atoms in total. The van der Waals surface area contributed by atoms with Gasteiger partial charge in [0, 0.05) is 13.6 Å². The van der Waals surface area contributed by atoms with Crippen molar-refractivity contribution in [2.75, 3.05) is 13.6 Å². The third kappa shape index (κ3) is 3.40. The molecule has 92 valence electrons. The minimum Gasteiger partial charge on any atom is -0.370 e. The highest BCUT2D eigenvalue weighted by molar-refractivity contribution is 5.98. The SMILES string of the molecule is CCCCN(C)C1=NC(C)C(C)N=C(N)N1. The Kier molecular flexibility index (Phi) is 4.58. The van der Waals surface area contributed by atoms with Gasteiger partial charge in [-0.3, -0.25) is 5.32 Å². The second-order valence-corrected chi connectivity index (χ2v) is 4.35. The van der Waals surface area contributed by atoms with Crippen LogP contribution in [0.3, 0.4) is 0 Å². The van der Waals surface area contributed by atoms with Crippen molar-refractivity contribution >= 4 is 11.9 Å². The molecule has 3 N–H and O–H groups in total. The number of nitrogens with two attached hydrogens (primary N) is 1. The van der Waals surface area contributed by atoms with Gasteiger partial charge in [0.2, 0.25) is 5.96 Å². The number of nitrogens with zero attached hydrogens (tertiary/aromatic N) is 3. The summed E-state index contributed by atoms with van der Waals surface area (Å²) in [6.07, 6.45) is 2.32. The average Bonchev–Trinajstić information content (AvgIpc) is 2.35. The molecule has 0 aliphatic carbocycles. The number of unbranched alkanes of at least 4 members (excludes halogenated alkanes) is 1. The molecule has 16 heavy (non-hydrogen) atoms. The first-order valence-electron chi connectivity index (χ1n) is 5.93. The maximum absolute atomic E-state index is 5.78. The van der Waals surface area contributed by atoms with Crippen LogP contribution in [0.4, 0.5) is 0 Å². The first-order chi connectivity index (χ1) is 7.54. The Morgan fingerprint density at radius 2 is 1.94 bits per heavy atom. The highest BCUT2D eigenvalue weighted by atomic mass is 15.3. The van der Waals surface area contributed by atoms with Crippen molar-refractivity contribution in [3.05, 3.63) is 0 Å². The molecule has 0 bridgehead atoms. The molecule has 1 aliphatic heterocycles. The zero-order chi connectivity index (χ0) is 12.1. The van der Waals surface area contributed by atoms with Crippen molar-refractivity contribution in [2.45, 2.75) is 45.7 Å². The number of rotatable bonds is 3. The van der Waals surface area contributed by atoms with Crippen molar-refractivity contribution in [3.63, 3.8) is 0 Å². The summed E-state index contributed by atoms with van der Waals surface area (Å²) < 4.78 is 0. The Bertz CT molecular complexity index is 284. The summed E-state index contributed by atoms with van der Waals surface area (Å²) in [4.78, 5) is 11.0. The lowest BCUT2D eigenvalue weighted by molar-refractivity contribution is 0.468. The molecule has 0 aromatic carbocycles. The summed E-state index contributed by atoms with van der Waals surface area (Å²) in [5, 5.41) is 3.05. The van der Waals surface area contributed by atoms with E-state index < -0.39 is 0 Å². The van der Waals surface area contributed by atoms with Gasteiger partial charge in [-0.15, -0.1) is 0 Å². The average molecular weight is 225 g/mol. The van der Waals surface area contributed by atoms with Crippen molar-refractivity contribution in [1.29, 1.82) is 0 Å². The van der Waals surface area contributed by atoms with Crippen LogP contribution in [-0.2, 0) is 0 Å². The van der Waals surface area contributed by atoms with Gasteiger partial charge in [-0.2, -0.15) is 0 Å². The van der Waals surface area contributed by atoms with Crippen molar-refractivity contribution in [3.8, 4) is 0 Å². The summed E-state index contributed by atoms with van der Waals surface area (Å²) in [7, 11) is 2.03. The summed E-state index contributed by atoms with van der Waals surface area (Å²) in [5.74, 6) is 1.28. The van der Waals surface area contributed by atoms with Gasteiger partial charge in [-0.05, 0) is 20.3 Å². The van der Waals surface area contributed by atoms with Gasteiger partial charge in [0.15, 0.2) is 5.96 Å². The van der Waals surface area contributed by atoms with Crippen LogP contribution in [0, 0.1) is 0 Å². The summed E-state index contributed by atoms with van der Waals surface area (Å²) in [5.41, 5.74) is 5.78. The van der Waals surface area contributed by atoms with Crippen LogP contribution >= 0.6 is 0 Å². The van der Waals surface area contributed by atoms with E-state index >= 15 is 0 Å². The quantitative estimate of drug-likeness (QED) is 0.745. The van der Waals surface area contributed by atoms with E-state index in [1.807, 2.05) is 14.0 Å². The van der Waals surface area contributed by atoms with E-state index in [9.17, 15) is 0 Å². The Labute approximate surface area is 97.8 Å². The van der Waals surface area contributed by atoms with E-state index in [0.717, 1.165) is 18.9 Å². The van der Waals surface area contributed by atoms with E-state index in [0.29, 0.717) is 5.96 Å². The van der Waals surface area contributed by atoms with Gasteiger partial charge < -0.3 is 10.6 Å². The number of nitrogens with one attached hydrogen (secondary N) is 1. The zero-order valence-electron chi connectivity index (χ0n) is 10.7. The Morgan fingerprint density at radius 1 is 1.31 bits per heavy atom. The van der Waals surface area contributed by atoms with E-state index in [1.54, 1.807) is 0 Å². The standard InChI is InChI=1S/C11H23N5/c1-5-6-7-16(4)11-14-9(3)8(2)13-10(12)15-11/h8-9H,5-7H2,1-4H3,(H3,12,13,14,15). The van der Waals surface area contributed by atoms with Crippen molar-refractivity contribution in [1.82, 2.24) is 10.2 Å². The molecule has 0 saturated heterocycles. The van der Waals surface area contributed by atoms with Crippen LogP contribution in [0.5, 0.6) is 0 Å². The topological polar surface area (TPSA) is 66.0 Å². The van der Waals surface area contributed by atoms with Crippen LogP contribution in [-0.4, -0.2) is 42.5 Å². The third-order valence-corrected chi connectivity index (χ3v) is 2.82. The molecule has 1 rings (SSSR count). The molecule has 0 aromatic heterocycles. The molecule has 1 aliphatic rings. The molecule has 2 unspecified atom stereocenters. The highest BCUT2D eigenvalue weighted by Gasteiger charge is 2.18. The van der Waals surface area contributed by atoms with Crippen LogP contribution in [0.25, 0.3) is 0 Å². The highest BCUT2D eigenvalue weighted by Crippen LogP contribution is 2.06. The molecule has 1 heterocycles. The maximum Gasteiger partial charge on any atom is 0.200 e. The number of hydrogen-bond acceptors (Lipinski definition) is 5. The first-order valence-corrected chi connectivity index (χ1v) is 5.93. The lowest BCUT2D eigenvalue weighted by atomic mass is 10.2. The van der Waals surface area contributed by atoms with Gasteiger partial charge in [-0.1, -0.05) is 13.3 Å². The van der Waals surface area contributed by atoms with Crippen LogP contribution in [0.2, 0.25) is 0 Å². The predicted octanol–water partition coefficient (Wildman–Crippen LogP) is 0.769. The minimum atomic E-state index is 0.129. The van der Waals surface area contributed by atoms with E-state index in [4.69, 9.17) is 5.73 Å². The Hall–Kier alpha value is -1.26. The molecule has 0 radical (unpaired) electrons. The third-order valence-electron chi connectivity index (χ3n) is 2.82. The molecule has 0 aromatic rings. The van der Waals surface area contributed by atoms with Gasteiger partial charge in [0.1, 0.15) is 0 Å². The van der Waals surface area contributed by atoms with Crippen LogP contribution in [0.15, 0.2) is 9.98 Å². The van der Waals surface area contributed by atoms with E-state index in [-0.39, 0.29) is 12.1 Å². The van der Waals surface area contributed by atoms with Gasteiger partial charge >= 0.3 is 0 Å². The smallest absolute Gasteiger partial charge is 0.200 e. The molecule has 5 heteroatoms. The lowest BCUT2D eigenvalue weighted by Gasteiger charge is -2.21. The summed E-state index contributed by atoms with van der Waals surface area (Å²) in [6, 6.07) is 0.289. The molecule has 0 spiro atoms. The second-order valence-electron chi connectivity index (χ2n) is 4.35. The first kappa shape index (κ1) is 12.8. The van der Waals surface area contributed by atoms with Gasteiger partial charge in [0.25, 0.3) is 0 Å². The molecular weight excluding hydrogens is 202 g/mol. The predicted molar refractivity (Wildman–Crippen MR) is 68.7 cm³/mol. The van der Waals surface area contributed by atoms with E-state index in [2.05, 4.69) is 34.0 Å². The summed E-state index contributed by atoms with van der Waals surface area (Å²) >= 11 is 0. The molecule has 2 atom stereocenters. The van der Waals surface area contributed by atoms with Crippen molar-refractivity contribution < 1.29 is 0 Å². The minimum absolute atomic E-state index is 0.129. The second kappa shape index (κ2) is 5.72. The fourth-order valence-corrected chi connectivity index (χ4v) is 1.50. The van der Waals surface area contributed by atoms with Crippen molar-refractivity contribution in [2.24, 2.45) is 15.7 Å². The van der Waals surface area contributed by atoms with Crippen LogP contribution < -0.4 is 11.1 Å². The maximum atomic E-state index is 5.78. The number of hydrogen-bond donors (Lipinski definition) is 2. The Balaban J connectivity index is 2.71. The lowest BCUT2D eigenvalue weighted by Crippen LogP contribution is -2.45. The molecule has 0 fully saturated rings. The number of aliphatic imine (C=N–C) groups is 2. The molecular formula is C11H23N5. The molecule has 0 saturated carbocycles. The fourth-order valence-electron chi connectivity index (χ4n) is 1.50. The fraction of sp³-hybridized carbons (Fsp3) is 0.818. The van der Waals surface area contributed by atoms with Gasteiger partial charge in [-0.25, -0.2) is 9.98 Å². The molecule has 0 amide bonds. The number of guanidine groups is 2. The largest absolute Gasteiger partial charge is 0.370 e. The monoisotopic (exact) mass is 225 g/mol.